The van der Waals surface area contributed by atoms with Gasteiger partial charge in [-0.25, -0.2) is 0 Å². The lowest BCUT2D eigenvalue weighted by molar-refractivity contribution is 0.0241. The predicted octanol–water partition coefficient (Wildman–Crippen LogP) is 3.46. The predicted molar refractivity (Wildman–Crippen MR) is 76.7 cm³/mol. The summed E-state index contributed by atoms with van der Waals surface area (Å²) in [4.78, 5) is 0. The van der Waals surface area contributed by atoms with E-state index < -0.39 is 0 Å². The number of hydrogen-bond donors (Lipinski definition) is 1. The quantitative estimate of drug-likeness (QED) is 0.828. The fraction of sp³-hybridized carbons (Fsp3) is 1.00. The molecule has 1 saturated carbocycles. The molecular formula is C16H31NO. The Kier molecular flexibility index (Phi) is 5.08. The molecule has 106 valence electrons. The number of ether oxygens (including phenoxy) is 1. The number of hydrogen-bond acceptors (Lipinski definition) is 2. The Labute approximate surface area is 113 Å². The number of rotatable bonds is 4. The van der Waals surface area contributed by atoms with Crippen molar-refractivity contribution < 1.29 is 4.74 Å². The molecule has 0 bridgehead atoms. The van der Waals surface area contributed by atoms with E-state index in [4.69, 9.17) is 4.74 Å². The molecule has 18 heavy (non-hydrogen) atoms. The molecule has 1 heterocycles. The molecule has 0 aromatic heterocycles. The second-order valence-electron chi connectivity index (χ2n) is 6.71. The third-order valence-electron chi connectivity index (χ3n) is 5.38. The van der Waals surface area contributed by atoms with Gasteiger partial charge in [-0.15, -0.1) is 0 Å². The van der Waals surface area contributed by atoms with Crippen LogP contribution >= 0.6 is 0 Å². The summed E-state index contributed by atoms with van der Waals surface area (Å²) >= 11 is 0. The molecule has 2 aliphatic rings. The standard InChI is InChI=1S/C16H31NO/c1-5-17-15(16-12(3)8-9-18-16)14-7-6-11(2)13(4)10-14/h11-17H,5-10H2,1-4H3. The summed E-state index contributed by atoms with van der Waals surface area (Å²) in [5, 5.41) is 3.74. The maximum atomic E-state index is 6.03. The van der Waals surface area contributed by atoms with Crippen LogP contribution in [0.5, 0.6) is 0 Å². The fourth-order valence-electron chi connectivity index (χ4n) is 3.88. The van der Waals surface area contributed by atoms with Gasteiger partial charge in [-0.1, -0.05) is 34.1 Å². The van der Waals surface area contributed by atoms with Crippen LogP contribution in [0.2, 0.25) is 0 Å². The molecule has 1 aliphatic carbocycles. The van der Waals surface area contributed by atoms with E-state index in [1.165, 1.54) is 25.7 Å². The minimum Gasteiger partial charge on any atom is -0.376 e. The van der Waals surface area contributed by atoms with Gasteiger partial charge >= 0.3 is 0 Å². The van der Waals surface area contributed by atoms with Crippen LogP contribution in [0, 0.1) is 23.7 Å². The van der Waals surface area contributed by atoms with Gasteiger partial charge in [0.05, 0.1) is 6.10 Å². The summed E-state index contributed by atoms with van der Waals surface area (Å²) in [6, 6.07) is 0.586. The number of likely N-dealkylation sites (N-methyl/N-ethyl adjacent to an activating group) is 1. The van der Waals surface area contributed by atoms with Gasteiger partial charge in [0.25, 0.3) is 0 Å². The Bertz CT molecular complexity index is 255. The zero-order chi connectivity index (χ0) is 13.1. The highest BCUT2D eigenvalue weighted by atomic mass is 16.5. The van der Waals surface area contributed by atoms with Gasteiger partial charge in [0.15, 0.2) is 0 Å². The van der Waals surface area contributed by atoms with Gasteiger partial charge in [0.2, 0.25) is 0 Å². The lowest BCUT2D eigenvalue weighted by Gasteiger charge is -2.40. The first kappa shape index (κ1) is 14.3. The molecule has 6 atom stereocenters. The minimum atomic E-state index is 0.454. The van der Waals surface area contributed by atoms with Gasteiger partial charge in [0.1, 0.15) is 0 Å². The Morgan fingerprint density at radius 1 is 1.06 bits per heavy atom. The van der Waals surface area contributed by atoms with E-state index >= 15 is 0 Å². The summed E-state index contributed by atoms with van der Waals surface area (Å²) in [6.45, 7) is 11.5. The summed E-state index contributed by atoms with van der Waals surface area (Å²) in [7, 11) is 0. The van der Waals surface area contributed by atoms with Crippen LogP contribution in [-0.2, 0) is 4.74 Å². The molecule has 0 aromatic carbocycles. The Balaban J connectivity index is 2.00. The molecule has 1 N–H and O–H groups in total. The normalized spacial score (nSPS) is 43.0. The summed E-state index contributed by atoms with van der Waals surface area (Å²) in [6.07, 6.45) is 5.86. The van der Waals surface area contributed by atoms with Crippen molar-refractivity contribution >= 4 is 0 Å². The Morgan fingerprint density at radius 3 is 2.39 bits per heavy atom. The van der Waals surface area contributed by atoms with Crippen LogP contribution in [0.25, 0.3) is 0 Å². The molecule has 1 saturated heterocycles. The molecule has 2 fully saturated rings. The summed E-state index contributed by atoms with van der Waals surface area (Å²) in [5.41, 5.74) is 0. The molecule has 2 heteroatoms. The molecule has 1 aliphatic heterocycles. The Morgan fingerprint density at radius 2 is 1.83 bits per heavy atom. The van der Waals surface area contributed by atoms with Crippen molar-refractivity contribution in [3.63, 3.8) is 0 Å². The zero-order valence-electron chi connectivity index (χ0n) is 12.6. The largest absolute Gasteiger partial charge is 0.376 e. The lowest BCUT2D eigenvalue weighted by Crippen LogP contribution is -2.49. The van der Waals surface area contributed by atoms with E-state index in [0.29, 0.717) is 12.1 Å². The average molecular weight is 253 g/mol. The maximum Gasteiger partial charge on any atom is 0.0756 e. The summed E-state index contributed by atoms with van der Waals surface area (Å²) in [5.74, 6) is 3.33. The topological polar surface area (TPSA) is 21.3 Å². The first-order valence-electron chi connectivity index (χ1n) is 7.98. The fourth-order valence-corrected chi connectivity index (χ4v) is 3.88. The third-order valence-corrected chi connectivity index (χ3v) is 5.38. The second-order valence-corrected chi connectivity index (χ2v) is 6.71. The van der Waals surface area contributed by atoms with Crippen LogP contribution in [-0.4, -0.2) is 25.3 Å². The van der Waals surface area contributed by atoms with Crippen LogP contribution in [0.15, 0.2) is 0 Å². The molecule has 0 spiro atoms. The van der Waals surface area contributed by atoms with E-state index in [2.05, 4.69) is 33.0 Å². The molecule has 2 rings (SSSR count). The molecule has 0 amide bonds. The van der Waals surface area contributed by atoms with Crippen molar-refractivity contribution in [1.82, 2.24) is 5.32 Å². The average Bonchev–Trinajstić information content (AvgIpc) is 2.76. The van der Waals surface area contributed by atoms with Gasteiger partial charge in [-0.05, 0) is 49.5 Å². The van der Waals surface area contributed by atoms with Crippen molar-refractivity contribution in [3.8, 4) is 0 Å². The van der Waals surface area contributed by atoms with Crippen LogP contribution < -0.4 is 5.32 Å². The van der Waals surface area contributed by atoms with Crippen LogP contribution in [0.4, 0.5) is 0 Å². The Hall–Kier alpha value is -0.0800. The van der Waals surface area contributed by atoms with Gasteiger partial charge in [0, 0.05) is 12.6 Å². The monoisotopic (exact) mass is 253 g/mol. The molecule has 6 unspecified atom stereocenters. The lowest BCUT2D eigenvalue weighted by atomic mass is 9.71. The summed E-state index contributed by atoms with van der Waals surface area (Å²) < 4.78 is 6.03. The van der Waals surface area contributed by atoms with Gasteiger partial charge < -0.3 is 10.1 Å². The first-order valence-corrected chi connectivity index (χ1v) is 7.98. The van der Waals surface area contributed by atoms with Crippen molar-refractivity contribution in [2.45, 2.75) is 65.5 Å². The van der Waals surface area contributed by atoms with E-state index in [1.54, 1.807) is 0 Å². The smallest absolute Gasteiger partial charge is 0.0756 e. The number of nitrogens with one attached hydrogen (secondary N) is 1. The highest BCUT2D eigenvalue weighted by Crippen LogP contribution is 2.38. The molecular weight excluding hydrogens is 222 g/mol. The van der Waals surface area contributed by atoms with Crippen molar-refractivity contribution in [2.75, 3.05) is 13.2 Å². The molecule has 0 radical (unpaired) electrons. The van der Waals surface area contributed by atoms with E-state index in [9.17, 15) is 0 Å². The van der Waals surface area contributed by atoms with E-state index in [-0.39, 0.29) is 0 Å². The van der Waals surface area contributed by atoms with Crippen LogP contribution in [0.3, 0.4) is 0 Å². The van der Waals surface area contributed by atoms with Crippen molar-refractivity contribution in [1.29, 1.82) is 0 Å². The molecule has 0 aromatic rings. The zero-order valence-corrected chi connectivity index (χ0v) is 12.6. The van der Waals surface area contributed by atoms with Crippen molar-refractivity contribution in [2.24, 2.45) is 23.7 Å². The van der Waals surface area contributed by atoms with Gasteiger partial charge in [-0.3, -0.25) is 0 Å². The third kappa shape index (κ3) is 3.08. The highest BCUT2D eigenvalue weighted by molar-refractivity contribution is 4.92. The first-order chi connectivity index (χ1) is 8.63. The second kappa shape index (κ2) is 6.38. The SMILES string of the molecule is CCNC(C1CCC(C)C(C)C1)C1OCCC1C. The minimum absolute atomic E-state index is 0.454. The van der Waals surface area contributed by atoms with Crippen molar-refractivity contribution in [3.05, 3.63) is 0 Å². The van der Waals surface area contributed by atoms with E-state index in [0.717, 1.165) is 36.8 Å². The molecule has 2 nitrogen and oxygen atoms in total. The maximum absolute atomic E-state index is 6.03. The van der Waals surface area contributed by atoms with Crippen LogP contribution in [0.1, 0.15) is 53.4 Å². The van der Waals surface area contributed by atoms with Gasteiger partial charge in [-0.2, -0.15) is 0 Å². The van der Waals surface area contributed by atoms with E-state index in [1.807, 2.05) is 0 Å². The highest BCUT2D eigenvalue weighted by Gasteiger charge is 2.38.